The number of ether oxygens (including phenoxy) is 2. The Hall–Kier alpha value is -6.20. The molecule has 338 valence electrons. The molecule has 3 aromatic heterocycles. The molecular formula is C47H57ClN9O7+. The lowest BCUT2D eigenvalue weighted by Gasteiger charge is -2.45. The molecule has 0 aliphatic carbocycles. The summed E-state index contributed by atoms with van der Waals surface area (Å²) in [5, 5.41) is 25.6. The molecule has 16 nitrogen and oxygen atoms in total. The maximum Gasteiger partial charge on any atom is 0.274 e. The van der Waals surface area contributed by atoms with Gasteiger partial charge in [-0.1, -0.05) is 48.0 Å². The van der Waals surface area contributed by atoms with Gasteiger partial charge < -0.3 is 46.3 Å². The van der Waals surface area contributed by atoms with E-state index >= 15 is 0 Å². The normalized spacial score (nSPS) is 16.9. The topological polar surface area (TPSA) is 238 Å². The summed E-state index contributed by atoms with van der Waals surface area (Å²) < 4.78 is 12.6. The van der Waals surface area contributed by atoms with Crippen LogP contribution in [0.4, 0.5) is 11.6 Å². The van der Waals surface area contributed by atoms with E-state index in [1.54, 1.807) is 43.0 Å². The zero-order valence-electron chi connectivity index (χ0n) is 35.8. The van der Waals surface area contributed by atoms with E-state index in [0.717, 1.165) is 79.3 Å². The van der Waals surface area contributed by atoms with Crippen LogP contribution in [0.1, 0.15) is 76.8 Å². The first kappa shape index (κ1) is 47.3. The summed E-state index contributed by atoms with van der Waals surface area (Å²) in [7, 11) is 0. The van der Waals surface area contributed by atoms with Crippen molar-refractivity contribution in [1.82, 2.24) is 30.6 Å². The first-order valence-electron chi connectivity index (χ1n) is 21.5. The van der Waals surface area contributed by atoms with Crippen molar-refractivity contribution in [3.8, 4) is 11.5 Å². The highest BCUT2D eigenvalue weighted by Crippen LogP contribution is 2.26. The molecule has 2 aromatic carbocycles. The number of nitrogens with zero attached hydrogens (tertiary/aromatic N) is 5. The molecule has 4 atom stereocenters. The monoisotopic (exact) mass is 894 g/mol. The Balaban J connectivity index is 1.06. The number of aromatic nitrogens is 4. The van der Waals surface area contributed by atoms with Gasteiger partial charge in [0.05, 0.1) is 51.5 Å². The van der Waals surface area contributed by atoms with E-state index < -0.39 is 11.9 Å². The second-order valence-corrected chi connectivity index (χ2v) is 16.6. The summed E-state index contributed by atoms with van der Waals surface area (Å²) >= 11 is 6.10. The molecular weight excluding hydrogens is 838 g/mol. The molecule has 0 spiro atoms. The molecule has 4 heterocycles. The lowest BCUT2D eigenvalue weighted by molar-refractivity contribution is -0.933. The number of quaternary nitrogens is 1. The number of hydrogen-bond acceptors (Lipinski definition) is 13. The fraction of sp³-hybridized carbons (Fsp3) is 0.383. The molecule has 0 bridgehead atoms. The maximum absolute atomic E-state index is 13.4. The maximum atomic E-state index is 13.4. The van der Waals surface area contributed by atoms with Crippen LogP contribution in [0, 0.1) is 0 Å². The van der Waals surface area contributed by atoms with Crippen molar-refractivity contribution in [2.75, 3.05) is 64.1 Å². The zero-order chi connectivity index (χ0) is 45.3. The molecule has 0 saturated carbocycles. The molecule has 2 amide bonds. The van der Waals surface area contributed by atoms with E-state index in [2.05, 4.69) is 36.6 Å². The molecule has 1 fully saturated rings. The number of carbonyl (C=O) groups is 3. The number of nitrogen functional groups attached to an aromatic ring is 2. The minimum absolute atomic E-state index is 0.0433. The average molecular weight is 895 g/mol. The molecule has 1 saturated heterocycles. The van der Waals surface area contributed by atoms with E-state index in [4.69, 9.17) is 32.5 Å². The van der Waals surface area contributed by atoms with Gasteiger partial charge >= 0.3 is 0 Å². The number of pyridine rings is 2. The summed E-state index contributed by atoms with van der Waals surface area (Å²) in [5.74, 6) is -0.225. The number of Topliss-reactive ketones (excluding diaryl/α,β-unsaturated/α-hetero) is 1. The average Bonchev–Trinajstić information content (AvgIpc) is 3.30. The second kappa shape index (κ2) is 23.5. The third-order valence-electron chi connectivity index (χ3n) is 11.5. The van der Waals surface area contributed by atoms with Gasteiger partial charge in [0, 0.05) is 50.0 Å². The van der Waals surface area contributed by atoms with Crippen molar-refractivity contribution in [2.45, 2.75) is 62.9 Å². The van der Waals surface area contributed by atoms with Crippen molar-refractivity contribution < 1.29 is 38.6 Å². The van der Waals surface area contributed by atoms with Gasteiger partial charge in [0.25, 0.3) is 11.8 Å². The van der Waals surface area contributed by atoms with Crippen LogP contribution in [0.5, 0.6) is 11.5 Å². The number of aryl methyl sites for hydroxylation is 2. The number of likely N-dealkylation sites (tertiary alicyclic amines) is 1. The lowest BCUT2D eigenvalue weighted by atomic mass is 9.96. The Morgan fingerprint density at radius 2 is 1.45 bits per heavy atom. The van der Waals surface area contributed by atoms with E-state index in [9.17, 15) is 24.6 Å². The Kier molecular flexibility index (Phi) is 17.3. The molecule has 5 aromatic rings. The number of halogens is 1. The van der Waals surface area contributed by atoms with E-state index in [-0.39, 0.29) is 79.0 Å². The second-order valence-electron chi connectivity index (χ2n) is 16.2. The van der Waals surface area contributed by atoms with Gasteiger partial charge in [0.1, 0.15) is 18.1 Å². The summed E-state index contributed by atoms with van der Waals surface area (Å²) in [5.41, 5.74) is 15.4. The summed E-state index contributed by atoms with van der Waals surface area (Å²) in [6.07, 6.45) is 11.6. The fourth-order valence-electron chi connectivity index (χ4n) is 8.24. The number of carbonyl (C=O) groups excluding carboxylic acids is 3. The summed E-state index contributed by atoms with van der Waals surface area (Å²) in [4.78, 5) is 55.3. The molecule has 1 aliphatic heterocycles. The minimum Gasteiger partial charge on any atom is -0.486 e. The van der Waals surface area contributed by atoms with Crippen molar-refractivity contribution in [3.63, 3.8) is 0 Å². The first-order valence-corrected chi connectivity index (χ1v) is 21.9. The van der Waals surface area contributed by atoms with E-state index in [0.29, 0.717) is 23.6 Å². The van der Waals surface area contributed by atoms with Gasteiger partial charge in [-0.05, 0) is 84.3 Å². The fourth-order valence-corrected chi connectivity index (χ4v) is 8.37. The number of benzene rings is 2. The van der Waals surface area contributed by atoms with Crippen molar-refractivity contribution in [3.05, 3.63) is 131 Å². The standard InChI is InChI=1S/C47H56ClN9O7/c48-44-46(50)56-45(49)43(55-44)47(62)53-37-14-7-21-57(27-37,19-5-10-32-8-1-15-39(22-32)63-30-38(60)24-36(28-58)34-12-3-17-51-25-34)20-6-11-33-9-2-16-40(23-33)64-31-42(61)54-41(29-59)35-13-4-18-52-26-35/h1-4,8-9,12-13,15-18,22-23,25-26,36-37,41,58-59H,5-7,10-11,14,19-21,24,27-31H2,(H5-,49,50,53,54,56,61,62)/p+1/t36?,37-,41?,57?/m0/s1. The van der Waals surface area contributed by atoms with Crippen LogP contribution < -0.4 is 31.6 Å². The Labute approximate surface area is 378 Å². The smallest absolute Gasteiger partial charge is 0.274 e. The summed E-state index contributed by atoms with van der Waals surface area (Å²) in [6, 6.07) is 21.9. The number of hydrogen-bond donors (Lipinski definition) is 6. The highest BCUT2D eigenvalue weighted by atomic mass is 35.5. The number of anilines is 2. The number of nitrogens with one attached hydrogen (secondary N) is 2. The predicted molar refractivity (Wildman–Crippen MR) is 242 cm³/mol. The molecule has 6 rings (SSSR count). The van der Waals surface area contributed by atoms with Gasteiger partial charge in [-0.3, -0.25) is 24.4 Å². The predicted octanol–water partition coefficient (Wildman–Crippen LogP) is 4.40. The molecule has 1 aliphatic rings. The molecule has 0 radical (unpaired) electrons. The van der Waals surface area contributed by atoms with Gasteiger partial charge in [0.2, 0.25) is 0 Å². The number of aliphatic hydroxyl groups is 2. The Bertz CT molecular complexity index is 2190. The van der Waals surface area contributed by atoms with Crippen LogP contribution >= 0.6 is 11.6 Å². The number of nitrogens with two attached hydrogens (primary N) is 2. The zero-order valence-corrected chi connectivity index (χ0v) is 36.5. The molecule has 8 N–H and O–H groups in total. The lowest BCUT2D eigenvalue weighted by Crippen LogP contribution is -2.60. The highest BCUT2D eigenvalue weighted by Gasteiger charge is 2.36. The Morgan fingerprint density at radius 3 is 2.06 bits per heavy atom. The Morgan fingerprint density at radius 1 is 0.812 bits per heavy atom. The minimum atomic E-state index is -0.589. The number of rotatable bonds is 23. The van der Waals surface area contributed by atoms with Gasteiger partial charge in [0.15, 0.2) is 34.9 Å². The first-order chi connectivity index (χ1) is 31.0. The van der Waals surface area contributed by atoms with Crippen molar-refractivity contribution in [2.24, 2.45) is 0 Å². The van der Waals surface area contributed by atoms with Gasteiger partial charge in [-0.25, -0.2) is 9.97 Å². The van der Waals surface area contributed by atoms with Crippen LogP contribution in [-0.2, 0) is 22.4 Å². The van der Waals surface area contributed by atoms with E-state index in [1.807, 2.05) is 48.5 Å². The quantitative estimate of drug-likeness (QED) is 0.0500. The molecule has 3 unspecified atom stereocenters. The van der Waals surface area contributed by atoms with Gasteiger partial charge in [-0.15, -0.1) is 0 Å². The summed E-state index contributed by atoms with van der Waals surface area (Å²) in [6.45, 7) is 2.61. The number of ketones is 1. The van der Waals surface area contributed by atoms with Gasteiger partial charge in [-0.2, -0.15) is 0 Å². The van der Waals surface area contributed by atoms with Crippen LogP contribution in [0.15, 0.2) is 97.6 Å². The largest absolute Gasteiger partial charge is 0.486 e. The van der Waals surface area contributed by atoms with Crippen molar-refractivity contribution >= 4 is 40.8 Å². The molecule has 17 heteroatoms. The van der Waals surface area contributed by atoms with Crippen LogP contribution in [0.25, 0.3) is 0 Å². The van der Waals surface area contributed by atoms with E-state index in [1.165, 1.54) is 0 Å². The van der Waals surface area contributed by atoms with Crippen LogP contribution in [0.3, 0.4) is 0 Å². The highest BCUT2D eigenvalue weighted by molar-refractivity contribution is 6.31. The number of aliphatic hydroxyl groups excluding tert-OH is 2. The van der Waals surface area contributed by atoms with Crippen LogP contribution in [-0.4, -0.2) is 111 Å². The SMILES string of the molecule is Nc1nc(N)c(C(=O)N[C@H]2CCC[N+](CCCc3cccc(OCC(=O)CC(CO)c4cccnc4)c3)(CCCc3cccc(OCC(=O)NC(CO)c4cccnc4)c3)C2)nc1Cl. The number of piperidine rings is 1. The van der Waals surface area contributed by atoms with Crippen LogP contribution in [0.2, 0.25) is 5.15 Å². The van der Waals surface area contributed by atoms with Crippen molar-refractivity contribution in [1.29, 1.82) is 0 Å². The third-order valence-corrected chi connectivity index (χ3v) is 11.7. The third kappa shape index (κ3) is 13.9. The molecule has 64 heavy (non-hydrogen) atoms. The number of amides is 2.